The zero-order valence-electron chi connectivity index (χ0n) is 11.5. The van der Waals surface area contributed by atoms with Crippen molar-refractivity contribution in [3.63, 3.8) is 0 Å². The molecule has 2 rings (SSSR count). The van der Waals surface area contributed by atoms with Gasteiger partial charge in [0.15, 0.2) is 0 Å². The SMILES string of the molecule is CCC1(c2nnc(C)n2C(C)C)CCCNC1. The van der Waals surface area contributed by atoms with Crippen molar-refractivity contribution in [2.75, 3.05) is 13.1 Å². The first kappa shape index (κ1) is 12.6. The lowest BCUT2D eigenvalue weighted by Gasteiger charge is -2.36. The molecule has 96 valence electrons. The summed E-state index contributed by atoms with van der Waals surface area (Å²) in [4.78, 5) is 0. The third kappa shape index (κ3) is 2.10. The number of aryl methyl sites for hydroxylation is 1. The average Bonchev–Trinajstić information content (AvgIpc) is 2.72. The fourth-order valence-corrected chi connectivity index (χ4v) is 2.97. The molecular weight excluding hydrogens is 212 g/mol. The summed E-state index contributed by atoms with van der Waals surface area (Å²) in [6.45, 7) is 10.9. The highest BCUT2D eigenvalue weighted by Crippen LogP contribution is 2.34. The van der Waals surface area contributed by atoms with Crippen LogP contribution in [0.15, 0.2) is 0 Å². The number of aromatic nitrogens is 3. The predicted octanol–water partition coefficient (Wildman–Crippen LogP) is 2.20. The summed E-state index contributed by atoms with van der Waals surface area (Å²) in [5.41, 5.74) is 0.184. The Kier molecular flexibility index (Phi) is 3.52. The number of hydrogen-bond donors (Lipinski definition) is 1. The molecule has 1 atom stereocenters. The molecule has 1 fully saturated rings. The molecule has 0 spiro atoms. The van der Waals surface area contributed by atoms with Crippen molar-refractivity contribution >= 4 is 0 Å². The fourth-order valence-electron chi connectivity index (χ4n) is 2.97. The van der Waals surface area contributed by atoms with E-state index in [0.29, 0.717) is 6.04 Å². The van der Waals surface area contributed by atoms with Gasteiger partial charge in [-0.1, -0.05) is 6.92 Å². The Labute approximate surface area is 104 Å². The molecule has 1 saturated heterocycles. The van der Waals surface area contributed by atoms with E-state index in [2.05, 4.69) is 47.8 Å². The number of piperidine rings is 1. The molecule has 0 aromatic carbocycles. The summed E-state index contributed by atoms with van der Waals surface area (Å²) < 4.78 is 2.30. The van der Waals surface area contributed by atoms with Gasteiger partial charge in [-0.15, -0.1) is 10.2 Å². The second kappa shape index (κ2) is 4.77. The first-order valence-electron chi connectivity index (χ1n) is 6.73. The number of hydrogen-bond acceptors (Lipinski definition) is 3. The Morgan fingerprint density at radius 1 is 1.41 bits per heavy atom. The molecule has 1 aliphatic heterocycles. The smallest absolute Gasteiger partial charge is 0.140 e. The quantitative estimate of drug-likeness (QED) is 0.875. The lowest BCUT2D eigenvalue weighted by atomic mass is 9.77. The molecule has 4 heteroatoms. The monoisotopic (exact) mass is 236 g/mol. The Morgan fingerprint density at radius 2 is 2.18 bits per heavy atom. The summed E-state index contributed by atoms with van der Waals surface area (Å²) in [6, 6.07) is 0.436. The van der Waals surface area contributed by atoms with Crippen LogP contribution in [0.4, 0.5) is 0 Å². The molecule has 1 unspecified atom stereocenters. The third-order valence-corrected chi connectivity index (χ3v) is 4.01. The second-order valence-corrected chi connectivity index (χ2v) is 5.45. The molecule has 4 nitrogen and oxygen atoms in total. The summed E-state index contributed by atoms with van der Waals surface area (Å²) in [5, 5.41) is 12.3. The van der Waals surface area contributed by atoms with E-state index in [-0.39, 0.29) is 5.41 Å². The van der Waals surface area contributed by atoms with E-state index in [1.807, 2.05) is 0 Å². The van der Waals surface area contributed by atoms with Crippen molar-refractivity contribution in [3.05, 3.63) is 11.6 Å². The van der Waals surface area contributed by atoms with Gasteiger partial charge in [0.1, 0.15) is 11.6 Å². The minimum absolute atomic E-state index is 0.184. The van der Waals surface area contributed by atoms with Gasteiger partial charge in [-0.2, -0.15) is 0 Å². The Bertz CT molecular complexity index is 375. The van der Waals surface area contributed by atoms with Crippen molar-refractivity contribution in [2.45, 2.75) is 58.4 Å². The van der Waals surface area contributed by atoms with Crippen LogP contribution in [0.3, 0.4) is 0 Å². The topological polar surface area (TPSA) is 42.7 Å². The summed E-state index contributed by atoms with van der Waals surface area (Å²) in [5.74, 6) is 2.22. The van der Waals surface area contributed by atoms with E-state index < -0.39 is 0 Å². The molecule has 1 aliphatic rings. The molecule has 1 N–H and O–H groups in total. The first-order chi connectivity index (χ1) is 8.10. The highest BCUT2D eigenvalue weighted by atomic mass is 15.3. The maximum Gasteiger partial charge on any atom is 0.140 e. The molecule has 2 heterocycles. The zero-order chi connectivity index (χ0) is 12.5. The van der Waals surface area contributed by atoms with Crippen LogP contribution in [-0.2, 0) is 5.41 Å². The van der Waals surface area contributed by atoms with Gasteiger partial charge in [-0.05, 0) is 46.6 Å². The van der Waals surface area contributed by atoms with E-state index in [9.17, 15) is 0 Å². The fraction of sp³-hybridized carbons (Fsp3) is 0.846. The van der Waals surface area contributed by atoms with Gasteiger partial charge in [-0.3, -0.25) is 0 Å². The first-order valence-corrected chi connectivity index (χ1v) is 6.73. The van der Waals surface area contributed by atoms with Gasteiger partial charge < -0.3 is 9.88 Å². The number of nitrogens with one attached hydrogen (secondary N) is 1. The maximum absolute atomic E-state index is 4.48. The molecular formula is C13H24N4. The second-order valence-electron chi connectivity index (χ2n) is 5.45. The van der Waals surface area contributed by atoms with E-state index >= 15 is 0 Å². The Hall–Kier alpha value is -0.900. The third-order valence-electron chi connectivity index (χ3n) is 4.01. The van der Waals surface area contributed by atoms with Gasteiger partial charge in [0.05, 0.1) is 0 Å². The zero-order valence-corrected chi connectivity index (χ0v) is 11.5. The van der Waals surface area contributed by atoms with Crippen LogP contribution in [0.25, 0.3) is 0 Å². The van der Waals surface area contributed by atoms with Crippen LogP contribution in [0.5, 0.6) is 0 Å². The molecule has 0 aliphatic carbocycles. The van der Waals surface area contributed by atoms with Crippen molar-refractivity contribution in [1.82, 2.24) is 20.1 Å². The van der Waals surface area contributed by atoms with Crippen molar-refractivity contribution < 1.29 is 0 Å². The highest BCUT2D eigenvalue weighted by Gasteiger charge is 2.37. The van der Waals surface area contributed by atoms with Crippen molar-refractivity contribution in [3.8, 4) is 0 Å². The van der Waals surface area contributed by atoms with Gasteiger partial charge in [0, 0.05) is 18.0 Å². The molecule has 0 saturated carbocycles. The van der Waals surface area contributed by atoms with Crippen LogP contribution < -0.4 is 5.32 Å². The number of nitrogens with zero attached hydrogens (tertiary/aromatic N) is 3. The highest BCUT2D eigenvalue weighted by molar-refractivity contribution is 5.13. The minimum Gasteiger partial charge on any atom is -0.316 e. The summed E-state index contributed by atoms with van der Waals surface area (Å²) >= 11 is 0. The van der Waals surface area contributed by atoms with Gasteiger partial charge in [-0.25, -0.2) is 0 Å². The summed E-state index contributed by atoms with van der Waals surface area (Å²) in [6.07, 6.45) is 3.59. The van der Waals surface area contributed by atoms with Crippen LogP contribution in [0, 0.1) is 6.92 Å². The largest absolute Gasteiger partial charge is 0.316 e. The number of rotatable bonds is 3. The molecule has 0 bridgehead atoms. The van der Waals surface area contributed by atoms with Crippen LogP contribution >= 0.6 is 0 Å². The lowest BCUT2D eigenvalue weighted by Crippen LogP contribution is -2.45. The Morgan fingerprint density at radius 3 is 2.71 bits per heavy atom. The molecule has 1 aromatic rings. The standard InChI is InChI=1S/C13H24N4/c1-5-13(7-6-8-14-9-13)12-16-15-11(4)17(12)10(2)3/h10,14H,5-9H2,1-4H3. The minimum atomic E-state index is 0.184. The van der Waals surface area contributed by atoms with Crippen LogP contribution in [0.1, 0.15) is 57.7 Å². The van der Waals surface area contributed by atoms with E-state index in [1.165, 1.54) is 18.7 Å². The van der Waals surface area contributed by atoms with E-state index in [4.69, 9.17) is 0 Å². The normalized spacial score (nSPS) is 25.5. The molecule has 1 aromatic heterocycles. The van der Waals surface area contributed by atoms with Crippen LogP contribution in [-0.4, -0.2) is 27.9 Å². The van der Waals surface area contributed by atoms with Crippen LogP contribution in [0.2, 0.25) is 0 Å². The van der Waals surface area contributed by atoms with Gasteiger partial charge in [0.2, 0.25) is 0 Å². The molecule has 0 radical (unpaired) electrons. The maximum atomic E-state index is 4.48. The van der Waals surface area contributed by atoms with Crippen molar-refractivity contribution in [1.29, 1.82) is 0 Å². The average molecular weight is 236 g/mol. The predicted molar refractivity (Wildman–Crippen MR) is 69.2 cm³/mol. The lowest BCUT2D eigenvalue weighted by molar-refractivity contribution is 0.273. The van der Waals surface area contributed by atoms with E-state index in [1.54, 1.807) is 0 Å². The van der Waals surface area contributed by atoms with Gasteiger partial charge in [0.25, 0.3) is 0 Å². The van der Waals surface area contributed by atoms with E-state index in [0.717, 1.165) is 25.3 Å². The summed E-state index contributed by atoms with van der Waals surface area (Å²) in [7, 11) is 0. The van der Waals surface area contributed by atoms with Gasteiger partial charge >= 0.3 is 0 Å². The molecule has 17 heavy (non-hydrogen) atoms. The Balaban J connectivity index is 2.43. The molecule has 0 amide bonds. The van der Waals surface area contributed by atoms with Crippen molar-refractivity contribution in [2.24, 2.45) is 0 Å².